The highest BCUT2D eigenvalue weighted by atomic mass is 35.5. The molecule has 0 radical (unpaired) electrons. The Balaban J connectivity index is 1.44. The normalized spacial score (nSPS) is 19.3. The van der Waals surface area contributed by atoms with Gasteiger partial charge in [-0.05, 0) is 51.3 Å². The Morgan fingerprint density at radius 2 is 1.68 bits per heavy atom. The summed E-state index contributed by atoms with van der Waals surface area (Å²) < 4.78 is 19.6. The largest absolute Gasteiger partial charge is 0.459 e. The van der Waals surface area contributed by atoms with Gasteiger partial charge in [0.2, 0.25) is 0 Å². The second-order valence-corrected chi connectivity index (χ2v) is 11.1. The van der Waals surface area contributed by atoms with Gasteiger partial charge in [-0.3, -0.25) is 0 Å². The van der Waals surface area contributed by atoms with Crippen LogP contribution in [0.5, 0.6) is 0 Å². The Kier molecular flexibility index (Phi) is 8.65. The molecule has 41 heavy (non-hydrogen) atoms. The molecule has 1 saturated heterocycles. The van der Waals surface area contributed by atoms with E-state index in [2.05, 4.69) is 9.97 Å². The minimum Gasteiger partial charge on any atom is -0.459 e. The van der Waals surface area contributed by atoms with Gasteiger partial charge in [-0.1, -0.05) is 58.8 Å². The summed E-state index contributed by atoms with van der Waals surface area (Å²) >= 11 is 7.85. The van der Waals surface area contributed by atoms with E-state index in [1.54, 1.807) is 42.0 Å². The minimum absolute atomic E-state index is 0.136. The Labute approximate surface area is 246 Å². The van der Waals surface area contributed by atoms with Crippen molar-refractivity contribution in [3.8, 4) is 0 Å². The van der Waals surface area contributed by atoms with Crippen LogP contribution in [0.25, 0.3) is 11.0 Å². The first-order valence-corrected chi connectivity index (χ1v) is 14.7. The molecule has 1 aliphatic rings. The molecule has 4 aromatic rings. The maximum absolute atomic E-state index is 13.1. The highest BCUT2D eigenvalue weighted by Gasteiger charge is 2.41. The number of thioether (sulfide) groups is 1. The van der Waals surface area contributed by atoms with E-state index in [9.17, 15) is 14.7 Å². The van der Waals surface area contributed by atoms with Crippen LogP contribution >= 0.6 is 23.4 Å². The van der Waals surface area contributed by atoms with E-state index in [1.807, 2.05) is 44.4 Å². The Bertz CT molecular complexity index is 1570. The molecule has 9 nitrogen and oxygen atoms in total. The molecule has 214 valence electrons. The van der Waals surface area contributed by atoms with Crippen LogP contribution < -0.4 is 0 Å². The Morgan fingerprint density at radius 3 is 2.27 bits per heavy atom. The Hall–Kier alpha value is -3.44. The predicted octanol–water partition coefficient (Wildman–Crippen LogP) is 5.85. The van der Waals surface area contributed by atoms with Gasteiger partial charge in [-0.25, -0.2) is 19.6 Å². The number of esters is 2. The molecule has 2 aromatic carbocycles. The standard InChI is InChI=1S/C30H30ClN3O6S/c1-16-5-9-19(10-6-16)28(36)38-15-23-22(40-29(37)20-11-7-17(2)8-12-20)13-24(39-23)34-14-21(18(3)35)25-26(31)32-30(41-4)33-27(25)34/h5-12,14,18,22-24,35H,13,15H2,1-4H3/t18?,22-,23+,24+/m0/s1. The molecule has 0 aliphatic carbocycles. The van der Waals surface area contributed by atoms with Gasteiger partial charge in [0.25, 0.3) is 0 Å². The molecule has 2 aromatic heterocycles. The fourth-order valence-corrected chi connectivity index (χ4v) is 5.40. The van der Waals surface area contributed by atoms with E-state index in [-0.39, 0.29) is 18.2 Å². The molecule has 4 atom stereocenters. The minimum atomic E-state index is -0.845. The first-order valence-electron chi connectivity index (χ1n) is 13.1. The third-order valence-corrected chi connectivity index (χ3v) is 7.79. The molecule has 1 N–H and O–H groups in total. The summed E-state index contributed by atoms with van der Waals surface area (Å²) in [6, 6.07) is 14.1. The van der Waals surface area contributed by atoms with Crippen LogP contribution in [0.4, 0.5) is 0 Å². The Morgan fingerprint density at radius 1 is 1.07 bits per heavy atom. The lowest BCUT2D eigenvalue weighted by Crippen LogP contribution is -2.32. The summed E-state index contributed by atoms with van der Waals surface area (Å²) in [5, 5.41) is 11.7. The van der Waals surface area contributed by atoms with Crippen LogP contribution in [0.3, 0.4) is 0 Å². The fraction of sp³-hybridized carbons (Fsp3) is 0.333. The predicted molar refractivity (Wildman–Crippen MR) is 155 cm³/mol. The van der Waals surface area contributed by atoms with Crippen molar-refractivity contribution >= 4 is 46.3 Å². The van der Waals surface area contributed by atoms with E-state index in [1.165, 1.54) is 11.8 Å². The molecular formula is C30H30ClN3O6S. The quantitative estimate of drug-likeness (QED) is 0.116. The summed E-state index contributed by atoms with van der Waals surface area (Å²) in [6.07, 6.45) is 0.838. The zero-order valence-corrected chi connectivity index (χ0v) is 24.6. The molecule has 0 saturated carbocycles. The monoisotopic (exact) mass is 595 g/mol. The summed E-state index contributed by atoms with van der Waals surface area (Å²) in [5.41, 5.74) is 3.88. The highest BCUT2D eigenvalue weighted by molar-refractivity contribution is 7.98. The third kappa shape index (κ3) is 6.25. The molecule has 0 amide bonds. The second kappa shape index (κ2) is 12.2. The molecule has 0 spiro atoms. The molecule has 11 heteroatoms. The van der Waals surface area contributed by atoms with E-state index in [4.69, 9.17) is 25.8 Å². The number of halogens is 1. The zero-order chi connectivity index (χ0) is 29.3. The average Bonchev–Trinajstić information content (AvgIpc) is 3.54. The van der Waals surface area contributed by atoms with Gasteiger partial charge in [-0.15, -0.1) is 0 Å². The third-order valence-electron chi connectivity index (χ3n) is 6.97. The van der Waals surface area contributed by atoms with Crippen molar-refractivity contribution in [2.24, 2.45) is 0 Å². The fourth-order valence-electron chi connectivity index (χ4n) is 4.71. The molecule has 3 heterocycles. The highest BCUT2D eigenvalue weighted by Crippen LogP contribution is 2.38. The van der Waals surface area contributed by atoms with Crippen molar-refractivity contribution in [1.82, 2.24) is 14.5 Å². The number of benzene rings is 2. The number of hydrogen-bond donors (Lipinski definition) is 1. The lowest BCUT2D eigenvalue weighted by Gasteiger charge is -2.19. The first kappa shape index (κ1) is 29.1. The number of aliphatic hydroxyl groups is 1. The molecule has 1 aliphatic heterocycles. The van der Waals surface area contributed by atoms with Crippen molar-refractivity contribution in [3.05, 3.63) is 87.7 Å². The number of hydrogen-bond acceptors (Lipinski definition) is 9. The van der Waals surface area contributed by atoms with Gasteiger partial charge < -0.3 is 23.9 Å². The number of nitrogens with zero attached hydrogens (tertiary/aromatic N) is 3. The van der Waals surface area contributed by atoms with Gasteiger partial charge in [0.05, 0.1) is 22.6 Å². The maximum atomic E-state index is 13.1. The number of rotatable bonds is 8. The zero-order valence-electron chi connectivity index (χ0n) is 23.0. The van der Waals surface area contributed by atoms with E-state index >= 15 is 0 Å². The van der Waals surface area contributed by atoms with Crippen molar-refractivity contribution in [2.45, 2.75) is 56.9 Å². The number of ether oxygens (including phenoxy) is 3. The molecular weight excluding hydrogens is 566 g/mol. The number of aryl methyl sites for hydroxylation is 2. The maximum Gasteiger partial charge on any atom is 0.338 e. The van der Waals surface area contributed by atoms with Gasteiger partial charge in [-0.2, -0.15) is 0 Å². The number of carbonyl (C=O) groups excluding carboxylic acids is 2. The number of fused-ring (bicyclic) bond motifs is 1. The lowest BCUT2D eigenvalue weighted by atomic mass is 10.1. The molecule has 5 rings (SSSR count). The van der Waals surface area contributed by atoms with Gasteiger partial charge >= 0.3 is 11.9 Å². The number of aromatic nitrogens is 3. The van der Waals surface area contributed by atoms with Crippen LogP contribution in [-0.2, 0) is 14.2 Å². The van der Waals surface area contributed by atoms with Crippen molar-refractivity contribution in [1.29, 1.82) is 0 Å². The van der Waals surface area contributed by atoms with Gasteiger partial charge in [0.15, 0.2) is 5.16 Å². The summed E-state index contributed by atoms with van der Waals surface area (Å²) in [6.45, 7) is 5.36. The summed E-state index contributed by atoms with van der Waals surface area (Å²) in [5.74, 6) is -1.02. The molecule has 0 bridgehead atoms. The molecule has 1 unspecified atom stereocenters. The SMILES string of the molecule is CSc1nc(Cl)c2c(C(C)O)cn([C@H]3C[C@H](OC(=O)c4ccc(C)cc4)[C@@H](COC(=O)c4ccc(C)cc4)O3)c2n1. The lowest BCUT2D eigenvalue weighted by molar-refractivity contribution is -0.0563. The van der Waals surface area contributed by atoms with Crippen LogP contribution in [0.15, 0.2) is 59.9 Å². The van der Waals surface area contributed by atoms with E-state index in [0.29, 0.717) is 32.9 Å². The average molecular weight is 596 g/mol. The van der Waals surface area contributed by atoms with Crippen molar-refractivity contribution in [3.63, 3.8) is 0 Å². The number of carbonyl (C=O) groups is 2. The molecule has 1 fully saturated rings. The first-order chi connectivity index (χ1) is 19.6. The topological polar surface area (TPSA) is 113 Å². The van der Waals surface area contributed by atoms with Crippen LogP contribution in [0, 0.1) is 13.8 Å². The van der Waals surface area contributed by atoms with Crippen molar-refractivity contribution in [2.75, 3.05) is 12.9 Å². The van der Waals surface area contributed by atoms with Gasteiger partial charge in [0.1, 0.15) is 35.8 Å². The smallest absolute Gasteiger partial charge is 0.338 e. The van der Waals surface area contributed by atoms with Crippen LogP contribution in [-0.4, -0.2) is 56.7 Å². The van der Waals surface area contributed by atoms with Gasteiger partial charge in [0, 0.05) is 18.2 Å². The van der Waals surface area contributed by atoms with E-state index in [0.717, 1.165) is 11.1 Å². The number of aliphatic hydroxyl groups excluding tert-OH is 1. The van der Waals surface area contributed by atoms with Crippen LogP contribution in [0.1, 0.15) is 63.1 Å². The summed E-state index contributed by atoms with van der Waals surface area (Å²) in [7, 11) is 0. The summed E-state index contributed by atoms with van der Waals surface area (Å²) in [4.78, 5) is 34.8. The van der Waals surface area contributed by atoms with E-state index < -0.39 is 36.5 Å². The van der Waals surface area contributed by atoms with Crippen LogP contribution in [0.2, 0.25) is 5.15 Å². The van der Waals surface area contributed by atoms with Crippen molar-refractivity contribution < 1.29 is 28.9 Å². The second-order valence-electron chi connectivity index (χ2n) is 10.0.